The zero-order chi connectivity index (χ0) is 18.5. The van der Waals surface area contributed by atoms with Crippen molar-refractivity contribution in [1.29, 1.82) is 0 Å². The van der Waals surface area contributed by atoms with Gasteiger partial charge in [0.15, 0.2) is 11.5 Å². The van der Waals surface area contributed by atoms with E-state index in [9.17, 15) is 4.79 Å². The molecular formula is C18H24N4O4. The van der Waals surface area contributed by atoms with Gasteiger partial charge in [-0.25, -0.2) is 14.5 Å². The summed E-state index contributed by atoms with van der Waals surface area (Å²) in [7, 11) is 1.32. The summed E-state index contributed by atoms with van der Waals surface area (Å²) < 4.78 is 17.7. The molecule has 3 rings (SSSR count). The number of carbonyl (C=O) groups is 1. The van der Waals surface area contributed by atoms with Gasteiger partial charge in [-0.15, -0.1) is 5.10 Å². The summed E-state index contributed by atoms with van der Waals surface area (Å²) in [5, 5.41) is 4.16. The van der Waals surface area contributed by atoms with E-state index in [1.165, 1.54) is 18.2 Å². The third-order valence-electron chi connectivity index (χ3n) is 4.21. The second-order valence-electron chi connectivity index (χ2n) is 5.98. The molecular weight excluding hydrogens is 336 g/mol. The first-order chi connectivity index (χ1) is 12.6. The van der Waals surface area contributed by atoms with Crippen LogP contribution in [0.3, 0.4) is 0 Å². The van der Waals surface area contributed by atoms with E-state index in [4.69, 9.17) is 9.47 Å². The Morgan fingerprint density at radius 2 is 1.85 bits per heavy atom. The highest BCUT2D eigenvalue weighted by Crippen LogP contribution is 2.33. The number of hydrogen-bond donors (Lipinski definition) is 0. The molecule has 1 aliphatic rings. The molecule has 0 N–H and O–H groups in total. The summed E-state index contributed by atoms with van der Waals surface area (Å²) in [6.45, 7) is 7.36. The largest absolute Gasteiger partial charge is 0.490 e. The Kier molecular flexibility index (Phi) is 5.72. The third-order valence-corrected chi connectivity index (χ3v) is 4.21. The van der Waals surface area contributed by atoms with Crippen LogP contribution in [0, 0.1) is 0 Å². The number of esters is 1. The number of aromatic nitrogens is 3. The monoisotopic (exact) mass is 360 g/mol. The summed E-state index contributed by atoms with van der Waals surface area (Å²) in [5.41, 5.74) is 2.50. The summed E-state index contributed by atoms with van der Waals surface area (Å²) in [4.78, 5) is 17.7. The number of fused-ring (bicyclic) bond motifs is 1. The van der Waals surface area contributed by atoms with Gasteiger partial charge in [0, 0.05) is 13.1 Å². The van der Waals surface area contributed by atoms with Gasteiger partial charge in [0.1, 0.15) is 6.33 Å². The van der Waals surface area contributed by atoms with Crippen LogP contribution in [0.1, 0.15) is 35.6 Å². The van der Waals surface area contributed by atoms with Crippen LogP contribution in [-0.4, -0.2) is 52.5 Å². The lowest BCUT2D eigenvalue weighted by Crippen LogP contribution is -2.32. The van der Waals surface area contributed by atoms with Crippen LogP contribution in [-0.2, 0) is 24.4 Å². The summed E-state index contributed by atoms with van der Waals surface area (Å²) in [6, 6.07) is 4.16. The second-order valence-corrected chi connectivity index (χ2v) is 5.98. The molecule has 8 nitrogen and oxygen atoms in total. The van der Waals surface area contributed by atoms with Gasteiger partial charge in [-0.05, 0) is 43.5 Å². The zero-order valence-electron chi connectivity index (χ0n) is 15.4. The average molecular weight is 360 g/mol. The molecule has 0 fully saturated rings. The Bertz CT molecular complexity index is 775. The van der Waals surface area contributed by atoms with E-state index >= 15 is 0 Å². The van der Waals surface area contributed by atoms with Crippen molar-refractivity contribution < 1.29 is 19.0 Å². The average Bonchev–Trinajstić information content (AvgIpc) is 3.10. The van der Waals surface area contributed by atoms with Crippen LogP contribution < -0.4 is 9.47 Å². The minimum atomic E-state index is -0.530. The number of hydrogen-bond acceptors (Lipinski definition) is 7. The standard InChI is InChI=1S/C18H24N4O4/c1-4-25-15-8-13-6-7-21(10-14(13)9-16(15)26-5-2)12-22-11-19-17(20-22)18(23)24-3/h8-9,11H,4-7,10,12H2,1-3H3. The van der Waals surface area contributed by atoms with Gasteiger partial charge in [0.25, 0.3) is 5.82 Å². The van der Waals surface area contributed by atoms with E-state index in [0.717, 1.165) is 31.0 Å². The Morgan fingerprint density at radius 1 is 1.15 bits per heavy atom. The predicted molar refractivity (Wildman–Crippen MR) is 94.3 cm³/mol. The summed E-state index contributed by atoms with van der Waals surface area (Å²) in [5.74, 6) is 1.13. The lowest BCUT2D eigenvalue weighted by molar-refractivity contribution is 0.0585. The molecule has 0 spiro atoms. The molecule has 0 radical (unpaired) electrons. The van der Waals surface area contributed by atoms with Crippen LogP contribution >= 0.6 is 0 Å². The Balaban J connectivity index is 1.73. The van der Waals surface area contributed by atoms with E-state index in [1.54, 1.807) is 11.0 Å². The Hall–Kier alpha value is -2.61. The molecule has 1 aromatic heterocycles. The maximum Gasteiger partial charge on any atom is 0.377 e. The number of methoxy groups -OCH3 is 1. The fourth-order valence-electron chi connectivity index (χ4n) is 3.03. The van der Waals surface area contributed by atoms with Crippen molar-refractivity contribution in [3.8, 4) is 11.5 Å². The minimum absolute atomic E-state index is 0.0740. The first-order valence-corrected chi connectivity index (χ1v) is 8.76. The highest BCUT2D eigenvalue weighted by atomic mass is 16.5. The normalized spacial score (nSPS) is 14.0. The predicted octanol–water partition coefficient (Wildman–Crippen LogP) is 1.88. The van der Waals surface area contributed by atoms with Crippen molar-refractivity contribution in [3.63, 3.8) is 0 Å². The van der Waals surface area contributed by atoms with Gasteiger partial charge in [-0.1, -0.05) is 0 Å². The van der Waals surface area contributed by atoms with E-state index in [2.05, 4.69) is 31.9 Å². The summed E-state index contributed by atoms with van der Waals surface area (Å²) in [6.07, 6.45) is 2.46. The van der Waals surface area contributed by atoms with Crippen LogP contribution in [0.5, 0.6) is 11.5 Å². The van der Waals surface area contributed by atoms with Crippen molar-refractivity contribution >= 4 is 5.97 Å². The van der Waals surface area contributed by atoms with E-state index < -0.39 is 5.97 Å². The number of benzene rings is 1. The van der Waals surface area contributed by atoms with Crippen molar-refractivity contribution in [1.82, 2.24) is 19.7 Å². The first kappa shape index (κ1) is 18.2. The molecule has 0 saturated heterocycles. The lowest BCUT2D eigenvalue weighted by atomic mass is 9.99. The summed E-state index contributed by atoms with van der Waals surface area (Å²) >= 11 is 0. The topological polar surface area (TPSA) is 78.7 Å². The molecule has 0 unspecified atom stereocenters. The number of nitrogens with zero attached hydrogens (tertiary/aromatic N) is 4. The van der Waals surface area contributed by atoms with Crippen molar-refractivity contribution in [2.45, 2.75) is 33.5 Å². The molecule has 0 amide bonds. The molecule has 2 aromatic rings. The molecule has 26 heavy (non-hydrogen) atoms. The Morgan fingerprint density at radius 3 is 2.50 bits per heavy atom. The fourth-order valence-corrected chi connectivity index (χ4v) is 3.03. The maximum absolute atomic E-state index is 11.5. The van der Waals surface area contributed by atoms with E-state index in [1.807, 2.05) is 13.8 Å². The minimum Gasteiger partial charge on any atom is -0.490 e. The molecule has 1 aliphatic heterocycles. The maximum atomic E-state index is 11.5. The van der Waals surface area contributed by atoms with Gasteiger partial charge in [0.05, 0.1) is 27.0 Å². The van der Waals surface area contributed by atoms with Crippen LogP contribution in [0.25, 0.3) is 0 Å². The highest BCUT2D eigenvalue weighted by molar-refractivity contribution is 5.84. The van der Waals surface area contributed by atoms with Crippen LogP contribution in [0.2, 0.25) is 0 Å². The fraction of sp³-hybridized carbons (Fsp3) is 0.500. The SMILES string of the molecule is CCOc1cc2c(cc1OCC)CN(Cn1cnc(C(=O)OC)n1)CC2. The van der Waals surface area contributed by atoms with Crippen molar-refractivity contribution in [2.75, 3.05) is 26.9 Å². The second kappa shape index (κ2) is 8.18. The van der Waals surface area contributed by atoms with Crippen LogP contribution in [0.15, 0.2) is 18.5 Å². The van der Waals surface area contributed by atoms with Gasteiger partial charge >= 0.3 is 5.97 Å². The van der Waals surface area contributed by atoms with Gasteiger partial charge in [-0.3, -0.25) is 4.90 Å². The molecule has 1 aromatic carbocycles. The van der Waals surface area contributed by atoms with Crippen LogP contribution in [0.4, 0.5) is 0 Å². The molecule has 140 valence electrons. The molecule has 0 aliphatic carbocycles. The lowest BCUT2D eigenvalue weighted by Gasteiger charge is -2.29. The van der Waals surface area contributed by atoms with E-state index in [-0.39, 0.29) is 5.82 Å². The number of rotatable bonds is 7. The quantitative estimate of drug-likeness (QED) is 0.698. The molecule has 0 bridgehead atoms. The van der Waals surface area contributed by atoms with E-state index in [0.29, 0.717) is 19.9 Å². The first-order valence-electron chi connectivity index (χ1n) is 8.76. The third kappa shape index (κ3) is 3.96. The Labute approximate surface area is 152 Å². The molecule has 2 heterocycles. The number of carbonyl (C=O) groups excluding carboxylic acids is 1. The van der Waals surface area contributed by atoms with Crippen molar-refractivity contribution in [2.24, 2.45) is 0 Å². The molecule has 0 atom stereocenters. The van der Waals surface area contributed by atoms with Gasteiger partial charge < -0.3 is 14.2 Å². The zero-order valence-corrected chi connectivity index (χ0v) is 15.4. The number of ether oxygens (including phenoxy) is 3. The smallest absolute Gasteiger partial charge is 0.377 e. The highest BCUT2D eigenvalue weighted by Gasteiger charge is 2.21. The molecule has 8 heteroatoms. The molecule has 0 saturated carbocycles. The van der Waals surface area contributed by atoms with Crippen molar-refractivity contribution in [3.05, 3.63) is 35.4 Å². The van der Waals surface area contributed by atoms with Gasteiger partial charge in [-0.2, -0.15) is 0 Å². The van der Waals surface area contributed by atoms with Gasteiger partial charge in [0.2, 0.25) is 0 Å².